The molecule has 0 aliphatic carbocycles. The Balaban J connectivity index is 1.90. The van der Waals surface area contributed by atoms with Crippen LogP contribution in [0.4, 0.5) is 9.18 Å². The van der Waals surface area contributed by atoms with E-state index in [1.54, 1.807) is 48.0 Å². The van der Waals surface area contributed by atoms with Crippen LogP contribution < -0.4 is 5.69 Å². The normalized spacial score (nSPS) is 16.2. The standard InChI is InChI=1S/C23H28FN5O3/c1-13-11-16(12-14(2)19(13)24)29-20(28-10-8-25-21(28)30)18-15(3)27(9-7-17(18)26-29)22(31)32-23(4,5)6/h8,10-12,15H,7,9H2,1-6H3,(H,25,30)/t15-/m0/s1. The molecular formula is C23H28FN5O3. The highest BCUT2D eigenvalue weighted by Gasteiger charge is 2.36. The molecule has 1 aliphatic heterocycles. The molecule has 4 rings (SSSR count). The highest BCUT2D eigenvalue weighted by molar-refractivity contribution is 5.70. The smallest absolute Gasteiger partial charge is 0.410 e. The third-order valence-corrected chi connectivity index (χ3v) is 5.62. The van der Waals surface area contributed by atoms with E-state index in [1.165, 1.54) is 4.57 Å². The van der Waals surface area contributed by atoms with Crippen LogP contribution in [0.5, 0.6) is 0 Å². The molecule has 0 spiro atoms. The summed E-state index contributed by atoms with van der Waals surface area (Å²) in [6.07, 6.45) is 3.27. The lowest BCUT2D eigenvalue weighted by molar-refractivity contribution is 0.0159. The molecule has 1 N–H and O–H groups in total. The monoisotopic (exact) mass is 441 g/mol. The third-order valence-electron chi connectivity index (χ3n) is 5.62. The van der Waals surface area contributed by atoms with E-state index >= 15 is 0 Å². The van der Waals surface area contributed by atoms with Gasteiger partial charge in [-0.1, -0.05) is 0 Å². The van der Waals surface area contributed by atoms with Gasteiger partial charge >= 0.3 is 11.8 Å². The summed E-state index contributed by atoms with van der Waals surface area (Å²) < 4.78 is 23.0. The molecule has 8 nitrogen and oxygen atoms in total. The van der Waals surface area contributed by atoms with Crippen molar-refractivity contribution in [3.8, 4) is 11.5 Å². The van der Waals surface area contributed by atoms with E-state index in [2.05, 4.69) is 4.98 Å². The number of aromatic amines is 1. The van der Waals surface area contributed by atoms with Crippen molar-refractivity contribution in [3.05, 3.63) is 63.2 Å². The number of aryl methyl sites for hydroxylation is 2. The van der Waals surface area contributed by atoms with E-state index in [0.29, 0.717) is 35.6 Å². The summed E-state index contributed by atoms with van der Waals surface area (Å²) in [5.41, 5.74) is 2.24. The Kier molecular flexibility index (Phi) is 5.22. The number of rotatable bonds is 2. The van der Waals surface area contributed by atoms with Crippen LogP contribution in [0, 0.1) is 19.7 Å². The lowest BCUT2D eigenvalue weighted by Crippen LogP contribution is -2.42. The Hall–Kier alpha value is -3.36. The number of imidazole rings is 1. The van der Waals surface area contributed by atoms with E-state index in [1.807, 2.05) is 27.7 Å². The second-order valence-electron chi connectivity index (χ2n) is 9.22. The highest BCUT2D eigenvalue weighted by Crippen LogP contribution is 2.36. The lowest BCUT2D eigenvalue weighted by atomic mass is 10.00. The average Bonchev–Trinajstić information content (AvgIpc) is 3.27. The van der Waals surface area contributed by atoms with Crippen molar-refractivity contribution in [2.24, 2.45) is 0 Å². The lowest BCUT2D eigenvalue weighted by Gasteiger charge is -2.34. The summed E-state index contributed by atoms with van der Waals surface area (Å²) in [6.45, 7) is 11.2. The molecule has 2 aromatic heterocycles. The molecule has 9 heteroatoms. The number of nitrogens with one attached hydrogen (secondary N) is 1. The van der Waals surface area contributed by atoms with Gasteiger partial charge in [-0.3, -0.25) is 4.57 Å². The van der Waals surface area contributed by atoms with Gasteiger partial charge in [0.2, 0.25) is 0 Å². The number of amides is 1. The minimum absolute atomic E-state index is 0.268. The van der Waals surface area contributed by atoms with Gasteiger partial charge in [-0.05, 0) is 64.8 Å². The second-order valence-corrected chi connectivity index (χ2v) is 9.22. The van der Waals surface area contributed by atoms with Crippen molar-refractivity contribution in [2.75, 3.05) is 6.54 Å². The SMILES string of the molecule is Cc1cc(-n2nc3c(c2-n2cc[nH]c2=O)[C@H](C)N(C(=O)OC(C)(C)C)CC3)cc(C)c1F. The van der Waals surface area contributed by atoms with Gasteiger partial charge in [0.05, 0.1) is 17.4 Å². The molecule has 170 valence electrons. The Morgan fingerprint density at radius 3 is 2.47 bits per heavy atom. The van der Waals surface area contributed by atoms with Gasteiger partial charge in [0.15, 0.2) is 0 Å². The fourth-order valence-electron chi connectivity index (χ4n) is 4.17. The molecule has 1 aromatic carbocycles. The Morgan fingerprint density at radius 1 is 1.25 bits per heavy atom. The Labute approximate surface area is 185 Å². The van der Waals surface area contributed by atoms with Crippen LogP contribution in [0.2, 0.25) is 0 Å². The predicted molar refractivity (Wildman–Crippen MR) is 118 cm³/mol. The van der Waals surface area contributed by atoms with Crippen molar-refractivity contribution in [3.63, 3.8) is 0 Å². The zero-order valence-corrected chi connectivity index (χ0v) is 19.2. The molecule has 0 bridgehead atoms. The van der Waals surface area contributed by atoms with Gasteiger partial charge in [0.1, 0.15) is 17.2 Å². The fourth-order valence-corrected chi connectivity index (χ4v) is 4.17. The van der Waals surface area contributed by atoms with Gasteiger partial charge in [-0.2, -0.15) is 5.10 Å². The molecule has 0 fully saturated rings. The highest BCUT2D eigenvalue weighted by atomic mass is 19.1. The zero-order chi connectivity index (χ0) is 23.4. The van der Waals surface area contributed by atoms with Crippen LogP contribution >= 0.6 is 0 Å². The van der Waals surface area contributed by atoms with Crippen molar-refractivity contribution in [1.82, 2.24) is 24.2 Å². The minimum Gasteiger partial charge on any atom is -0.444 e. The van der Waals surface area contributed by atoms with Crippen LogP contribution in [0.3, 0.4) is 0 Å². The first-order valence-electron chi connectivity index (χ1n) is 10.6. The van der Waals surface area contributed by atoms with Crippen molar-refractivity contribution < 1.29 is 13.9 Å². The number of nitrogens with zero attached hydrogens (tertiary/aromatic N) is 4. The molecule has 0 unspecified atom stereocenters. The first-order valence-corrected chi connectivity index (χ1v) is 10.6. The molecule has 0 saturated carbocycles. The molecule has 1 aliphatic rings. The topological polar surface area (TPSA) is 85.2 Å². The molecule has 0 radical (unpaired) electrons. The predicted octanol–water partition coefficient (Wildman–Crippen LogP) is 3.96. The van der Waals surface area contributed by atoms with Crippen molar-refractivity contribution in [2.45, 2.75) is 59.6 Å². The van der Waals surface area contributed by atoms with Crippen molar-refractivity contribution >= 4 is 6.09 Å². The molecular weight excluding hydrogens is 413 g/mol. The number of fused-ring (bicyclic) bond motifs is 1. The molecule has 1 atom stereocenters. The van der Waals surface area contributed by atoms with E-state index in [-0.39, 0.29) is 17.5 Å². The van der Waals surface area contributed by atoms with E-state index in [4.69, 9.17) is 9.84 Å². The van der Waals surface area contributed by atoms with Gasteiger partial charge < -0.3 is 14.6 Å². The summed E-state index contributed by atoms with van der Waals surface area (Å²) in [7, 11) is 0. The fraction of sp³-hybridized carbons (Fsp3) is 0.435. The van der Waals surface area contributed by atoms with Crippen LogP contribution in [-0.4, -0.2) is 42.5 Å². The van der Waals surface area contributed by atoms with Gasteiger partial charge in [0, 0.05) is 30.9 Å². The first-order chi connectivity index (χ1) is 15.0. The van der Waals surface area contributed by atoms with Crippen LogP contribution in [-0.2, 0) is 11.2 Å². The van der Waals surface area contributed by atoms with Crippen LogP contribution in [0.15, 0.2) is 29.3 Å². The summed E-state index contributed by atoms with van der Waals surface area (Å²) >= 11 is 0. The summed E-state index contributed by atoms with van der Waals surface area (Å²) in [5, 5.41) is 4.79. The van der Waals surface area contributed by atoms with Crippen LogP contribution in [0.25, 0.3) is 11.5 Å². The Morgan fingerprint density at radius 2 is 1.91 bits per heavy atom. The number of carbonyl (C=O) groups is 1. The van der Waals surface area contributed by atoms with E-state index < -0.39 is 11.7 Å². The zero-order valence-electron chi connectivity index (χ0n) is 19.2. The molecule has 32 heavy (non-hydrogen) atoms. The molecule has 3 aromatic rings. The number of benzene rings is 1. The maximum absolute atomic E-state index is 14.3. The van der Waals surface area contributed by atoms with E-state index in [9.17, 15) is 14.0 Å². The average molecular weight is 442 g/mol. The third kappa shape index (κ3) is 3.72. The number of hydrogen-bond donors (Lipinski definition) is 1. The van der Waals surface area contributed by atoms with E-state index in [0.717, 1.165) is 11.3 Å². The molecule has 0 saturated heterocycles. The number of ether oxygens (including phenoxy) is 1. The summed E-state index contributed by atoms with van der Waals surface area (Å²) in [4.78, 5) is 29.8. The number of aromatic nitrogens is 4. The molecule has 3 heterocycles. The van der Waals surface area contributed by atoms with Crippen molar-refractivity contribution in [1.29, 1.82) is 0 Å². The maximum atomic E-state index is 14.3. The number of H-pyrrole nitrogens is 1. The van der Waals surface area contributed by atoms with Crippen LogP contribution in [0.1, 0.15) is 56.1 Å². The van der Waals surface area contributed by atoms with Gasteiger partial charge in [-0.25, -0.2) is 18.7 Å². The largest absolute Gasteiger partial charge is 0.444 e. The summed E-state index contributed by atoms with van der Waals surface area (Å²) in [5.74, 6) is 0.257. The number of carbonyl (C=O) groups excluding carboxylic acids is 1. The Bertz CT molecular complexity index is 1220. The quantitative estimate of drug-likeness (QED) is 0.652. The molecule has 1 amide bonds. The van der Waals surface area contributed by atoms with Gasteiger partial charge in [-0.15, -0.1) is 0 Å². The van der Waals surface area contributed by atoms with Gasteiger partial charge in [0.25, 0.3) is 0 Å². The number of hydrogen-bond acceptors (Lipinski definition) is 4. The summed E-state index contributed by atoms with van der Waals surface area (Å²) in [6, 6.07) is 3.04. The second kappa shape index (κ2) is 7.65. The number of halogens is 1. The maximum Gasteiger partial charge on any atom is 0.410 e. The minimum atomic E-state index is -0.620. The first kappa shape index (κ1) is 21.9.